The molecule has 2 atom stereocenters. The second-order valence-electron chi connectivity index (χ2n) is 6.27. The van der Waals surface area contributed by atoms with E-state index in [1.165, 1.54) is 0 Å². The van der Waals surface area contributed by atoms with E-state index in [-0.39, 0.29) is 23.3 Å². The molecule has 1 aromatic rings. The maximum Gasteiger partial charge on any atom is 0.224 e. The molecule has 1 aliphatic heterocycles. The van der Waals surface area contributed by atoms with Crippen LogP contribution in [0.3, 0.4) is 0 Å². The lowest BCUT2D eigenvalue weighted by Crippen LogP contribution is -2.34. The number of piperidine rings is 1. The first kappa shape index (κ1) is 15.1. The molecular weight excluding hydrogens is 307 g/mol. The van der Waals surface area contributed by atoms with Crippen molar-refractivity contribution in [3.05, 3.63) is 33.8 Å². The fourth-order valence-electron chi connectivity index (χ4n) is 3.43. The van der Waals surface area contributed by atoms with Crippen LogP contribution in [0.5, 0.6) is 0 Å². The molecular formula is C16H20Cl2N2O. The van der Waals surface area contributed by atoms with Crippen molar-refractivity contribution in [1.29, 1.82) is 0 Å². The van der Waals surface area contributed by atoms with Gasteiger partial charge in [-0.15, -0.1) is 0 Å². The Labute approximate surface area is 135 Å². The van der Waals surface area contributed by atoms with Crippen LogP contribution in [0, 0.1) is 11.3 Å². The van der Waals surface area contributed by atoms with Crippen LogP contribution in [0.1, 0.15) is 37.8 Å². The minimum atomic E-state index is -0.122. The first-order valence-corrected chi connectivity index (χ1v) is 8.23. The van der Waals surface area contributed by atoms with Gasteiger partial charge in [0.25, 0.3) is 0 Å². The van der Waals surface area contributed by atoms with Crippen LogP contribution >= 0.6 is 23.2 Å². The first-order valence-electron chi connectivity index (χ1n) is 7.48. The summed E-state index contributed by atoms with van der Waals surface area (Å²) in [4.78, 5) is 12.5. The summed E-state index contributed by atoms with van der Waals surface area (Å²) in [6, 6.07) is 5.23. The van der Waals surface area contributed by atoms with E-state index in [2.05, 4.69) is 10.6 Å². The lowest BCUT2D eigenvalue weighted by atomic mass is 9.91. The highest BCUT2D eigenvalue weighted by Gasteiger charge is 2.57. The summed E-state index contributed by atoms with van der Waals surface area (Å²) in [6.07, 6.45) is 3.24. The number of rotatable bonds is 3. The number of amides is 1. The fraction of sp³-hybridized carbons (Fsp3) is 0.562. The van der Waals surface area contributed by atoms with Crippen molar-refractivity contribution in [2.75, 3.05) is 13.1 Å². The van der Waals surface area contributed by atoms with E-state index in [0.29, 0.717) is 10.0 Å². The van der Waals surface area contributed by atoms with Gasteiger partial charge in [-0.2, -0.15) is 0 Å². The number of halogens is 2. The zero-order valence-electron chi connectivity index (χ0n) is 12.1. The third-order valence-corrected chi connectivity index (χ3v) is 5.47. The van der Waals surface area contributed by atoms with Gasteiger partial charge in [0, 0.05) is 16.0 Å². The standard InChI is InChI=1S/C16H20Cl2N2O/c1-10(12-8-11(17)2-3-14(12)18)20-15(21)13-9-16(13)4-6-19-7-5-16/h2-3,8,10,13,19H,4-7,9H2,1H3,(H,20,21). The average Bonchev–Trinajstić information content (AvgIpc) is 3.15. The number of hydrogen-bond donors (Lipinski definition) is 2. The van der Waals surface area contributed by atoms with Crippen molar-refractivity contribution in [1.82, 2.24) is 10.6 Å². The van der Waals surface area contributed by atoms with Crippen molar-refractivity contribution in [3.63, 3.8) is 0 Å². The topological polar surface area (TPSA) is 41.1 Å². The van der Waals surface area contributed by atoms with E-state index in [1.54, 1.807) is 12.1 Å². The third kappa shape index (κ3) is 3.05. The molecule has 0 radical (unpaired) electrons. The van der Waals surface area contributed by atoms with Gasteiger partial charge >= 0.3 is 0 Å². The number of hydrogen-bond acceptors (Lipinski definition) is 2. The zero-order chi connectivity index (χ0) is 15.0. The van der Waals surface area contributed by atoms with Crippen LogP contribution in [0.25, 0.3) is 0 Å². The molecule has 1 aliphatic carbocycles. The average molecular weight is 327 g/mol. The Kier molecular flexibility index (Phi) is 4.17. The van der Waals surface area contributed by atoms with Gasteiger partial charge < -0.3 is 10.6 Å². The normalized spacial score (nSPS) is 24.6. The van der Waals surface area contributed by atoms with Crippen LogP contribution in [-0.4, -0.2) is 19.0 Å². The molecule has 1 aromatic carbocycles. The maximum atomic E-state index is 12.5. The van der Waals surface area contributed by atoms with E-state index in [1.807, 2.05) is 13.0 Å². The molecule has 2 unspecified atom stereocenters. The highest BCUT2D eigenvalue weighted by Crippen LogP contribution is 2.58. The smallest absolute Gasteiger partial charge is 0.224 e. The number of carbonyl (C=O) groups is 1. The van der Waals surface area contributed by atoms with Gasteiger partial charge in [0.05, 0.1) is 6.04 Å². The van der Waals surface area contributed by atoms with Crippen LogP contribution in [0.4, 0.5) is 0 Å². The predicted molar refractivity (Wildman–Crippen MR) is 85.7 cm³/mol. The molecule has 1 saturated heterocycles. The Hall–Kier alpha value is -0.770. The SMILES string of the molecule is CC(NC(=O)C1CC12CCNCC2)c1cc(Cl)ccc1Cl. The molecule has 0 aromatic heterocycles. The second kappa shape index (κ2) is 5.79. The number of carbonyl (C=O) groups excluding carboxylic acids is 1. The van der Waals surface area contributed by atoms with E-state index in [4.69, 9.17) is 23.2 Å². The minimum absolute atomic E-state index is 0.122. The molecule has 2 fully saturated rings. The summed E-state index contributed by atoms with van der Waals surface area (Å²) < 4.78 is 0. The quantitative estimate of drug-likeness (QED) is 0.891. The fourth-order valence-corrected chi connectivity index (χ4v) is 3.90. The van der Waals surface area contributed by atoms with Gasteiger partial charge in [-0.05, 0) is 68.5 Å². The summed E-state index contributed by atoms with van der Waals surface area (Å²) in [5, 5.41) is 7.73. The highest BCUT2D eigenvalue weighted by atomic mass is 35.5. The molecule has 5 heteroatoms. The summed E-state index contributed by atoms with van der Waals surface area (Å²) in [5.41, 5.74) is 1.13. The van der Waals surface area contributed by atoms with Gasteiger partial charge in [0.15, 0.2) is 0 Å². The molecule has 1 amide bonds. The molecule has 1 saturated carbocycles. The van der Waals surface area contributed by atoms with Gasteiger partial charge in [-0.1, -0.05) is 23.2 Å². The molecule has 3 nitrogen and oxygen atoms in total. The van der Waals surface area contributed by atoms with E-state index in [9.17, 15) is 4.79 Å². The van der Waals surface area contributed by atoms with Crippen LogP contribution in [0.2, 0.25) is 10.0 Å². The Bertz CT molecular complexity index is 555. The van der Waals surface area contributed by atoms with E-state index in [0.717, 1.165) is 37.9 Å². The molecule has 0 bridgehead atoms. The van der Waals surface area contributed by atoms with Gasteiger partial charge in [-0.3, -0.25) is 4.79 Å². The van der Waals surface area contributed by atoms with Gasteiger partial charge in [-0.25, -0.2) is 0 Å². The van der Waals surface area contributed by atoms with Gasteiger partial charge in [0.2, 0.25) is 5.91 Å². The summed E-state index contributed by atoms with van der Waals surface area (Å²) in [5.74, 6) is 0.320. The summed E-state index contributed by atoms with van der Waals surface area (Å²) in [7, 11) is 0. The molecule has 1 heterocycles. The lowest BCUT2D eigenvalue weighted by Gasteiger charge is -2.24. The van der Waals surface area contributed by atoms with Crippen molar-refractivity contribution in [3.8, 4) is 0 Å². The van der Waals surface area contributed by atoms with Crippen molar-refractivity contribution >= 4 is 29.1 Å². The first-order chi connectivity index (χ1) is 10.0. The molecule has 3 rings (SSSR count). The summed E-state index contributed by atoms with van der Waals surface area (Å²) in [6.45, 7) is 4.01. The molecule has 21 heavy (non-hydrogen) atoms. The largest absolute Gasteiger partial charge is 0.349 e. The molecule has 114 valence electrons. The third-order valence-electron chi connectivity index (χ3n) is 4.89. The molecule has 2 aliphatic rings. The van der Waals surface area contributed by atoms with Crippen LogP contribution in [-0.2, 0) is 4.79 Å². The van der Waals surface area contributed by atoms with Crippen LogP contribution < -0.4 is 10.6 Å². The minimum Gasteiger partial charge on any atom is -0.349 e. The molecule has 1 spiro atoms. The van der Waals surface area contributed by atoms with E-state index >= 15 is 0 Å². The Morgan fingerprint density at radius 2 is 2.10 bits per heavy atom. The van der Waals surface area contributed by atoms with Gasteiger partial charge in [0.1, 0.15) is 0 Å². The lowest BCUT2D eigenvalue weighted by molar-refractivity contribution is -0.123. The monoisotopic (exact) mass is 326 g/mol. The number of benzene rings is 1. The Morgan fingerprint density at radius 1 is 1.38 bits per heavy atom. The zero-order valence-corrected chi connectivity index (χ0v) is 13.6. The maximum absolute atomic E-state index is 12.5. The van der Waals surface area contributed by atoms with Crippen LogP contribution in [0.15, 0.2) is 18.2 Å². The summed E-state index contributed by atoms with van der Waals surface area (Å²) >= 11 is 12.2. The van der Waals surface area contributed by atoms with Crippen molar-refractivity contribution in [2.24, 2.45) is 11.3 Å². The molecule has 2 N–H and O–H groups in total. The van der Waals surface area contributed by atoms with Crippen molar-refractivity contribution < 1.29 is 4.79 Å². The second-order valence-corrected chi connectivity index (χ2v) is 7.11. The number of nitrogens with one attached hydrogen (secondary N) is 2. The van der Waals surface area contributed by atoms with Crippen molar-refractivity contribution in [2.45, 2.75) is 32.2 Å². The van der Waals surface area contributed by atoms with E-state index < -0.39 is 0 Å². The predicted octanol–water partition coefficient (Wildman–Crippen LogP) is 3.56. The Balaban J connectivity index is 1.64. The highest BCUT2D eigenvalue weighted by molar-refractivity contribution is 6.33. The Morgan fingerprint density at radius 3 is 2.81 bits per heavy atom.